The van der Waals surface area contributed by atoms with Crippen LogP contribution in [0.4, 0.5) is 0 Å². The number of amides is 4. The quantitative estimate of drug-likeness (QED) is 0.116. The summed E-state index contributed by atoms with van der Waals surface area (Å²) < 4.78 is 0. The molecule has 0 bridgehead atoms. The number of primary amides is 1. The minimum absolute atomic E-state index is 0.307. The number of hydrogen-bond donors (Lipinski definition) is 8. The topological polar surface area (TPSA) is 240 Å². The number of rotatable bonds is 15. The van der Waals surface area contributed by atoms with Gasteiger partial charge in [0.15, 0.2) is 0 Å². The number of nitrogens with one attached hydrogen (secondary N) is 3. The molecule has 0 fully saturated rings. The predicted molar refractivity (Wildman–Crippen MR) is 110 cm³/mol. The fraction of sp³-hybridized carbons (Fsp3) is 0.722. The van der Waals surface area contributed by atoms with Gasteiger partial charge in [-0.05, 0) is 25.3 Å². The van der Waals surface area contributed by atoms with Crippen LogP contribution < -0.4 is 33.2 Å². The number of aliphatic carboxylic acids is 1. The Morgan fingerprint density at radius 3 is 1.90 bits per heavy atom. The summed E-state index contributed by atoms with van der Waals surface area (Å²) in [5.74, 6) is -5.25. The Balaban J connectivity index is 5.17. The summed E-state index contributed by atoms with van der Waals surface area (Å²) in [5, 5.41) is 25.3. The van der Waals surface area contributed by atoms with Crippen LogP contribution in [0.2, 0.25) is 0 Å². The van der Waals surface area contributed by atoms with Gasteiger partial charge in [0.05, 0.1) is 19.1 Å². The van der Waals surface area contributed by atoms with Gasteiger partial charge in [-0.2, -0.15) is 0 Å². The summed E-state index contributed by atoms with van der Waals surface area (Å²) in [6.45, 7) is 2.73. The van der Waals surface area contributed by atoms with E-state index in [2.05, 4.69) is 16.0 Å². The zero-order valence-corrected chi connectivity index (χ0v) is 17.8. The molecule has 11 N–H and O–H groups in total. The first-order chi connectivity index (χ1) is 14.4. The fourth-order valence-corrected chi connectivity index (χ4v) is 2.56. The van der Waals surface area contributed by atoms with E-state index in [-0.39, 0.29) is 0 Å². The number of nitrogens with two attached hydrogens (primary N) is 3. The highest BCUT2D eigenvalue weighted by molar-refractivity contribution is 5.96. The lowest BCUT2D eigenvalue weighted by molar-refractivity contribution is -0.144. The maximum Gasteiger partial charge on any atom is 0.326 e. The largest absolute Gasteiger partial charge is 0.480 e. The lowest BCUT2D eigenvalue weighted by Crippen LogP contribution is -2.59. The van der Waals surface area contributed by atoms with E-state index in [0.717, 1.165) is 0 Å². The normalized spacial score (nSPS) is 14.8. The molecule has 0 aliphatic heterocycles. The van der Waals surface area contributed by atoms with Crippen LogP contribution in [-0.4, -0.2) is 77.1 Å². The van der Waals surface area contributed by atoms with Crippen molar-refractivity contribution in [2.24, 2.45) is 23.1 Å². The van der Waals surface area contributed by atoms with Crippen molar-refractivity contribution in [3.05, 3.63) is 0 Å². The molecule has 4 amide bonds. The average Bonchev–Trinajstić information content (AvgIpc) is 2.68. The third-order valence-electron chi connectivity index (χ3n) is 4.39. The molecule has 0 saturated carbocycles. The number of hydrogen-bond acceptors (Lipinski definition) is 8. The minimum Gasteiger partial charge on any atom is -0.480 e. The van der Waals surface area contributed by atoms with E-state index in [1.54, 1.807) is 13.8 Å². The average molecular weight is 447 g/mol. The highest BCUT2D eigenvalue weighted by Gasteiger charge is 2.31. The molecule has 0 aromatic heterocycles. The van der Waals surface area contributed by atoms with Crippen LogP contribution in [0.3, 0.4) is 0 Å². The summed E-state index contributed by atoms with van der Waals surface area (Å²) in [6, 6.07) is -5.15. The van der Waals surface area contributed by atoms with Gasteiger partial charge in [0, 0.05) is 0 Å². The van der Waals surface area contributed by atoms with Crippen molar-refractivity contribution in [1.82, 2.24) is 16.0 Å². The summed E-state index contributed by atoms with van der Waals surface area (Å²) in [4.78, 5) is 59.6. The number of aliphatic hydroxyl groups is 1. The molecule has 0 aliphatic carbocycles. The van der Waals surface area contributed by atoms with E-state index >= 15 is 0 Å². The van der Waals surface area contributed by atoms with Crippen molar-refractivity contribution in [2.45, 2.75) is 63.7 Å². The first-order valence-electron chi connectivity index (χ1n) is 9.93. The van der Waals surface area contributed by atoms with Crippen molar-refractivity contribution >= 4 is 29.6 Å². The summed E-state index contributed by atoms with van der Waals surface area (Å²) in [5.41, 5.74) is 16.3. The van der Waals surface area contributed by atoms with Gasteiger partial charge < -0.3 is 43.4 Å². The first kappa shape index (κ1) is 28.2. The van der Waals surface area contributed by atoms with Gasteiger partial charge in [0.2, 0.25) is 23.6 Å². The molecule has 0 heterocycles. The highest BCUT2D eigenvalue weighted by Crippen LogP contribution is 2.03. The smallest absolute Gasteiger partial charge is 0.326 e. The maximum absolute atomic E-state index is 12.5. The summed E-state index contributed by atoms with van der Waals surface area (Å²) in [6.07, 6.45) is 0.982. The molecule has 178 valence electrons. The Labute approximate surface area is 180 Å². The number of carboxylic acid groups (broad SMARTS) is 1. The maximum atomic E-state index is 12.5. The SMILES string of the molecule is CC(C)C(NC(=O)C(CO)NC(=O)C(CC(N)=O)NC(=O)C(N)CCCCN)C(=O)O. The molecule has 0 aliphatic rings. The standard InChI is InChI=1S/C18H34N6O7/c1-9(2)14(18(30)31)24-17(29)12(8-25)23-16(28)11(7-13(21)26)22-15(27)10(20)5-3-4-6-19/h9-12,14,25H,3-8,19-20H2,1-2H3,(H2,21,26)(H,22,27)(H,23,28)(H,24,29)(H,30,31). The Bertz CT molecular complexity index is 643. The van der Waals surface area contributed by atoms with Crippen LogP contribution in [-0.2, 0) is 24.0 Å². The van der Waals surface area contributed by atoms with Gasteiger partial charge in [-0.1, -0.05) is 20.3 Å². The van der Waals surface area contributed by atoms with E-state index in [4.69, 9.17) is 22.3 Å². The Hall–Kier alpha value is -2.77. The van der Waals surface area contributed by atoms with Crippen LogP contribution in [0.5, 0.6) is 0 Å². The van der Waals surface area contributed by atoms with Gasteiger partial charge in [-0.25, -0.2) is 4.79 Å². The molecular formula is C18H34N6O7. The molecular weight excluding hydrogens is 412 g/mol. The van der Waals surface area contributed by atoms with E-state index < -0.39 is 72.7 Å². The third-order valence-corrected chi connectivity index (χ3v) is 4.39. The molecule has 4 unspecified atom stereocenters. The van der Waals surface area contributed by atoms with Crippen molar-refractivity contribution in [3.8, 4) is 0 Å². The second kappa shape index (κ2) is 14.3. The lowest BCUT2D eigenvalue weighted by Gasteiger charge is -2.24. The number of carbonyl (C=O) groups is 5. The number of carbonyl (C=O) groups excluding carboxylic acids is 4. The van der Waals surface area contributed by atoms with Gasteiger partial charge in [0.1, 0.15) is 18.1 Å². The molecule has 0 aromatic rings. The molecule has 0 saturated heterocycles. The van der Waals surface area contributed by atoms with E-state index in [0.29, 0.717) is 25.8 Å². The number of aliphatic hydroxyl groups excluding tert-OH is 1. The Morgan fingerprint density at radius 1 is 0.903 bits per heavy atom. The Kier molecular flexibility index (Phi) is 13.0. The minimum atomic E-state index is -1.52. The van der Waals surface area contributed by atoms with E-state index in [1.165, 1.54) is 0 Å². The van der Waals surface area contributed by atoms with Crippen LogP contribution in [0.25, 0.3) is 0 Å². The van der Waals surface area contributed by atoms with Gasteiger partial charge in [-0.3, -0.25) is 19.2 Å². The monoisotopic (exact) mass is 446 g/mol. The van der Waals surface area contributed by atoms with Crippen molar-refractivity contribution in [2.75, 3.05) is 13.2 Å². The van der Waals surface area contributed by atoms with Crippen molar-refractivity contribution in [1.29, 1.82) is 0 Å². The second-order valence-electron chi connectivity index (χ2n) is 7.43. The zero-order valence-electron chi connectivity index (χ0n) is 17.8. The van der Waals surface area contributed by atoms with Crippen LogP contribution in [0, 0.1) is 5.92 Å². The zero-order chi connectivity index (χ0) is 24.1. The number of unbranched alkanes of at least 4 members (excludes halogenated alkanes) is 1. The molecule has 0 spiro atoms. The van der Waals surface area contributed by atoms with Gasteiger partial charge >= 0.3 is 5.97 Å². The van der Waals surface area contributed by atoms with E-state index in [1.807, 2.05) is 0 Å². The van der Waals surface area contributed by atoms with Gasteiger partial charge in [-0.15, -0.1) is 0 Å². The predicted octanol–water partition coefficient (Wildman–Crippen LogP) is -3.49. The summed E-state index contributed by atoms with van der Waals surface area (Å²) in [7, 11) is 0. The summed E-state index contributed by atoms with van der Waals surface area (Å²) >= 11 is 0. The third kappa shape index (κ3) is 10.7. The number of carboxylic acids is 1. The highest BCUT2D eigenvalue weighted by atomic mass is 16.4. The van der Waals surface area contributed by atoms with Crippen LogP contribution in [0.1, 0.15) is 39.5 Å². The molecule has 13 heteroatoms. The van der Waals surface area contributed by atoms with E-state index in [9.17, 15) is 29.1 Å². The van der Waals surface area contributed by atoms with Crippen LogP contribution in [0.15, 0.2) is 0 Å². The molecule has 0 aromatic carbocycles. The second-order valence-corrected chi connectivity index (χ2v) is 7.43. The first-order valence-corrected chi connectivity index (χ1v) is 9.93. The Morgan fingerprint density at radius 2 is 1.45 bits per heavy atom. The lowest BCUT2D eigenvalue weighted by atomic mass is 10.0. The van der Waals surface area contributed by atoms with Crippen molar-refractivity contribution < 1.29 is 34.2 Å². The molecule has 13 nitrogen and oxygen atoms in total. The van der Waals surface area contributed by atoms with Crippen molar-refractivity contribution in [3.63, 3.8) is 0 Å². The molecule has 0 radical (unpaired) electrons. The molecule has 4 atom stereocenters. The van der Waals surface area contributed by atoms with Crippen LogP contribution >= 0.6 is 0 Å². The molecule has 0 rings (SSSR count). The molecule has 31 heavy (non-hydrogen) atoms. The van der Waals surface area contributed by atoms with Gasteiger partial charge in [0.25, 0.3) is 0 Å². The fourth-order valence-electron chi connectivity index (χ4n) is 2.56.